The monoisotopic (exact) mass is 444 g/mol. The minimum absolute atomic E-state index is 0.0457. The first-order valence-electron chi connectivity index (χ1n) is 9.74. The van der Waals surface area contributed by atoms with Gasteiger partial charge in [-0.05, 0) is 59.3 Å². The van der Waals surface area contributed by atoms with Crippen molar-refractivity contribution in [2.75, 3.05) is 0 Å². The molecule has 4 nitrogen and oxygen atoms in total. The quantitative estimate of drug-likeness (QED) is 0.332. The van der Waals surface area contributed by atoms with E-state index >= 15 is 0 Å². The molecule has 5 aromatic rings. The number of benzene rings is 3. The molecule has 0 unspecified atom stereocenters. The van der Waals surface area contributed by atoms with Crippen molar-refractivity contribution in [2.45, 2.75) is 13.3 Å². The normalized spacial score (nSPS) is 11.3. The van der Waals surface area contributed by atoms with Crippen LogP contribution in [-0.2, 0) is 11.2 Å². The topological polar surface area (TPSA) is 63.1 Å². The molecule has 0 aliphatic heterocycles. The Morgan fingerprint density at radius 1 is 1.03 bits per heavy atom. The van der Waals surface area contributed by atoms with Crippen molar-refractivity contribution in [2.24, 2.45) is 0 Å². The summed E-state index contributed by atoms with van der Waals surface area (Å²) in [5, 5.41) is 13.2. The first-order chi connectivity index (χ1) is 15.0. The highest BCUT2D eigenvalue weighted by Crippen LogP contribution is 2.41. The Morgan fingerprint density at radius 3 is 2.58 bits per heavy atom. The number of rotatable bonds is 4. The number of thiazole rings is 1. The molecule has 2 heterocycles. The van der Waals surface area contributed by atoms with Gasteiger partial charge in [0.25, 0.3) is 0 Å². The van der Waals surface area contributed by atoms with Crippen LogP contribution < -0.4 is 0 Å². The summed E-state index contributed by atoms with van der Waals surface area (Å²) in [6.07, 6.45) is 3.58. The van der Waals surface area contributed by atoms with E-state index in [1.807, 2.05) is 55.6 Å². The molecule has 0 saturated heterocycles. The van der Waals surface area contributed by atoms with Crippen molar-refractivity contribution >= 4 is 49.9 Å². The molecule has 2 aromatic heterocycles. The molecule has 0 aliphatic carbocycles. The Labute approximate surface area is 187 Å². The fraction of sp³-hybridized carbons (Fsp3) is 0.0800. The van der Waals surface area contributed by atoms with Crippen LogP contribution >= 0.6 is 22.9 Å². The third-order valence-electron chi connectivity index (χ3n) is 5.36. The van der Waals surface area contributed by atoms with Crippen LogP contribution in [0.1, 0.15) is 11.1 Å². The van der Waals surface area contributed by atoms with Crippen LogP contribution in [0.25, 0.3) is 42.7 Å². The van der Waals surface area contributed by atoms with E-state index in [1.54, 1.807) is 17.5 Å². The van der Waals surface area contributed by atoms with Crippen molar-refractivity contribution in [3.8, 4) is 21.7 Å². The van der Waals surface area contributed by atoms with Crippen LogP contribution in [0.2, 0.25) is 5.02 Å². The maximum atomic E-state index is 11.6. The van der Waals surface area contributed by atoms with Crippen LogP contribution in [0.3, 0.4) is 0 Å². The van der Waals surface area contributed by atoms with Crippen molar-refractivity contribution in [1.29, 1.82) is 0 Å². The van der Waals surface area contributed by atoms with Gasteiger partial charge >= 0.3 is 5.97 Å². The molecule has 0 radical (unpaired) electrons. The molecule has 6 heteroatoms. The standard InChI is InChI=1S/C25H17ClN2O2S/c1-14-10-21-24(23(20(14)12-22(29)30)15-4-6-19(26)7-5-15)31-25(28-21)17-2-3-18-13-27-9-8-16(18)11-17/h2-11,13H,12H2,1H3,(H,29,30). The van der Waals surface area contributed by atoms with Gasteiger partial charge in [-0.25, -0.2) is 4.98 Å². The maximum Gasteiger partial charge on any atom is 0.307 e. The second-order valence-electron chi connectivity index (χ2n) is 7.43. The number of carbonyl (C=O) groups is 1. The molecule has 152 valence electrons. The van der Waals surface area contributed by atoms with E-state index in [9.17, 15) is 9.90 Å². The van der Waals surface area contributed by atoms with Crippen LogP contribution in [0.15, 0.2) is 67.0 Å². The van der Waals surface area contributed by atoms with E-state index in [2.05, 4.69) is 17.1 Å². The average molecular weight is 445 g/mol. The van der Waals surface area contributed by atoms with Crippen molar-refractivity contribution in [3.05, 3.63) is 83.1 Å². The molecule has 0 amide bonds. The molecule has 0 atom stereocenters. The molecule has 0 saturated carbocycles. The molecule has 0 fully saturated rings. The van der Waals surface area contributed by atoms with E-state index in [0.29, 0.717) is 5.02 Å². The molecule has 0 aliphatic rings. The van der Waals surface area contributed by atoms with E-state index in [-0.39, 0.29) is 6.42 Å². The lowest BCUT2D eigenvalue weighted by Crippen LogP contribution is -2.04. The smallest absolute Gasteiger partial charge is 0.307 e. The minimum atomic E-state index is -0.856. The van der Waals surface area contributed by atoms with Gasteiger partial charge in [0.1, 0.15) is 5.01 Å². The number of carboxylic acids is 1. The summed E-state index contributed by atoms with van der Waals surface area (Å²) in [5.74, 6) is -0.856. The number of halogens is 1. The van der Waals surface area contributed by atoms with Crippen LogP contribution in [0.4, 0.5) is 0 Å². The van der Waals surface area contributed by atoms with Gasteiger partial charge in [-0.1, -0.05) is 35.9 Å². The van der Waals surface area contributed by atoms with Gasteiger partial charge in [0, 0.05) is 33.9 Å². The first-order valence-corrected chi connectivity index (χ1v) is 10.9. The van der Waals surface area contributed by atoms with Crippen LogP contribution in [-0.4, -0.2) is 21.0 Å². The summed E-state index contributed by atoms with van der Waals surface area (Å²) in [6, 6.07) is 17.7. The number of hydrogen-bond acceptors (Lipinski definition) is 4. The third kappa shape index (κ3) is 3.67. The largest absolute Gasteiger partial charge is 0.481 e. The van der Waals surface area contributed by atoms with Crippen molar-refractivity contribution in [3.63, 3.8) is 0 Å². The predicted molar refractivity (Wildman–Crippen MR) is 127 cm³/mol. The molecule has 0 spiro atoms. The molecular formula is C25H17ClN2O2S. The van der Waals surface area contributed by atoms with E-state index < -0.39 is 5.97 Å². The van der Waals surface area contributed by atoms with E-state index in [4.69, 9.17) is 16.6 Å². The predicted octanol–water partition coefficient (Wildman–Crippen LogP) is 6.77. The van der Waals surface area contributed by atoms with Gasteiger partial charge in [0.05, 0.1) is 16.6 Å². The summed E-state index contributed by atoms with van der Waals surface area (Å²) >= 11 is 7.68. The Morgan fingerprint density at radius 2 is 1.81 bits per heavy atom. The molecule has 31 heavy (non-hydrogen) atoms. The van der Waals surface area contributed by atoms with Gasteiger partial charge in [-0.3, -0.25) is 9.78 Å². The summed E-state index contributed by atoms with van der Waals surface area (Å²) in [4.78, 5) is 20.7. The number of nitrogens with zero attached hydrogens (tertiary/aromatic N) is 2. The molecule has 3 aromatic carbocycles. The van der Waals surface area contributed by atoms with Gasteiger partial charge in [0.2, 0.25) is 0 Å². The van der Waals surface area contributed by atoms with Crippen molar-refractivity contribution in [1.82, 2.24) is 9.97 Å². The number of carboxylic acid groups (broad SMARTS) is 1. The lowest BCUT2D eigenvalue weighted by atomic mass is 9.93. The maximum absolute atomic E-state index is 11.6. The molecule has 1 N–H and O–H groups in total. The Bertz CT molecular complexity index is 1460. The average Bonchev–Trinajstić information content (AvgIpc) is 3.18. The lowest BCUT2D eigenvalue weighted by Gasteiger charge is -2.13. The van der Waals surface area contributed by atoms with E-state index in [1.165, 1.54) is 0 Å². The first kappa shape index (κ1) is 19.7. The number of aliphatic carboxylic acids is 1. The molecular weight excluding hydrogens is 428 g/mol. The van der Waals surface area contributed by atoms with Gasteiger partial charge in [-0.2, -0.15) is 0 Å². The minimum Gasteiger partial charge on any atom is -0.481 e. The zero-order chi connectivity index (χ0) is 21.5. The molecule has 0 bridgehead atoms. The Kier molecular flexibility index (Phi) is 4.93. The highest BCUT2D eigenvalue weighted by molar-refractivity contribution is 7.22. The number of hydrogen-bond donors (Lipinski definition) is 1. The van der Waals surface area contributed by atoms with Crippen LogP contribution in [0, 0.1) is 6.92 Å². The third-order valence-corrected chi connectivity index (χ3v) is 6.75. The summed E-state index contributed by atoms with van der Waals surface area (Å²) in [6.45, 7) is 1.94. The number of aromatic nitrogens is 2. The second kappa shape index (κ2) is 7.76. The SMILES string of the molecule is Cc1cc2nc(-c3ccc4cnccc4c3)sc2c(-c2ccc(Cl)cc2)c1CC(=O)O. The number of aryl methyl sites for hydroxylation is 1. The highest BCUT2D eigenvalue weighted by Gasteiger charge is 2.19. The van der Waals surface area contributed by atoms with Gasteiger partial charge < -0.3 is 5.11 Å². The number of pyridine rings is 1. The summed E-state index contributed by atoms with van der Waals surface area (Å²) in [7, 11) is 0. The zero-order valence-electron chi connectivity index (χ0n) is 16.6. The molecule has 5 rings (SSSR count). The fourth-order valence-electron chi connectivity index (χ4n) is 3.88. The van der Waals surface area contributed by atoms with Crippen LogP contribution in [0.5, 0.6) is 0 Å². The summed E-state index contributed by atoms with van der Waals surface area (Å²) < 4.78 is 0.981. The highest BCUT2D eigenvalue weighted by atomic mass is 35.5. The van der Waals surface area contributed by atoms with E-state index in [0.717, 1.165) is 53.8 Å². The Balaban J connectivity index is 1.76. The lowest BCUT2D eigenvalue weighted by molar-refractivity contribution is -0.136. The summed E-state index contributed by atoms with van der Waals surface area (Å²) in [5.41, 5.74) is 5.48. The second-order valence-corrected chi connectivity index (χ2v) is 8.86. The van der Waals surface area contributed by atoms with Crippen molar-refractivity contribution < 1.29 is 9.90 Å². The van der Waals surface area contributed by atoms with Gasteiger partial charge in [0.15, 0.2) is 0 Å². The zero-order valence-corrected chi connectivity index (χ0v) is 18.2. The Hall–Kier alpha value is -3.28. The van der Waals surface area contributed by atoms with Gasteiger partial charge in [-0.15, -0.1) is 11.3 Å². The fourth-order valence-corrected chi connectivity index (χ4v) is 5.14. The number of fused-ring (bicyclic) bond motifs is 2.